The van der Waals surface area contributed by atoms with Crippen LogP contribution < -0.4 is 9.47 Å². The SMILES string of the molecule is COc1cc2c(cc1OC)C(Br)CC2C. The lowest BCUT2D eigenvalue weighted by Gasteiger charge is -2.12. The van der Waals surface area contributed by atoms with E-state index >= 15 is 0 Å². The summed E-state index contributed by atoms with van der Waals surface area (Å²) in [5.41, 5.74) is 2.70. The minimum Gasteiger partial charge on any atom is -0.493 e. The normalized spacial score (nSPS) is 23.7. The molecule has 0 amide bonds. The van der Waals surface area contributed by atoms with Gasteiger partial charge in [-0.15, -0.1) is 0 Å². The summed E-state index contributed by atoms with van der Waals surface area (Å²) in [5.74, 6) is 2.23. The zero-order valence-corrected chi connectivity index (χ0v) is 10.8. The first-order valence-electron chi connectivity index (χ1n) is 5.07. The fourth-order valence-electron chi connectivity index (χ4n) is 2.17. The average molecular weight is 271 g/mol. The monoisotopic (exact) mass is 270 g/mol. The highest BCUT2D eigenvalue weighted by Crippen LogP contribution is 2.48. The number of benzene rings is 1. The Morgan fingerprint density at radius 2 is 1.67 bits per heavy atom. The molecule has 2 nitrogen and oxygen atoms in total. The van der Waals surface area contributed by atoms with Gasteiger partial charge in [-0.3, -0.25) is 0 Å². The van der Waals surface area contributed by atoms with E-state index in [0.717, 1.165) is 17.9 Å². The van der Waals surface area contributed by atoms with Crippen LogP contribution in [0.2, 0.25) is 0 Å². The van der Waals surface area contributed by atoms with Crippen molar-refractivity contribution in [3.8, 4) is 11.5 Å². The van der Waals surface area contributed by atoms with Crippen molar-refractivity contribution in [2.75, 3.05) is 14.2 Å². The number of hydrogen-bond acceptors (Lipinski definition) is 2. The molecule has 2 atom stereocenters. The van der Waals surface area contributed by atoms with Gasteiger partial charge in [0.1, 0.15) is 0 Å². The molecular weight excluding hydrogens is 256 g/mol. The topological polar surface area (TPSA) is 18.5 Å². The maximum Gasteiger partial charge on any atom is 0.161 e. The third-order valence-electron chi connectivity index (χ3n) is 3.02. The second kappa shape index (κ2) is 4.05. The Morgan fingerprint density at radius 3 is 2.20 bits per heavy atom. The van der Waals surface area contributed by atoms with E-state index < -0.39 is 0 Å². The van der Waals surface area contributed by atoms with Crippen LogP contribution in [0.3, 0.4) is 0 Å². The standard InChI is InChI=1S/C12H15BrO2/c1-7-4-10(13)9-6-12(15-3)11(14-2)5-8(7)9/h5-7,10H,4H2,1-3H3. The van der Waals surface area contributed by atoms with Crippen LogP contribution in [0, 0.1) is 0 Å². The molecule has 0 radical (unpaired) electrons. The Hall–Kier alpha value is -0.700. The Kier molecular flexibility index (Phi) is 2.91. The highest BCUT2D eigenvalue weighted by molar-refractivity contribution is 9.09. The molecule has 0 spiro atoms. The first-order chi connectivity index (χ1) is 7.17. The van der Waals surface area contributed by atoms with Gasteiger partial charge in [-0.2, -0.15) is 0 Å². The Bertz CT molecular complexity index is 341. The van der Waals surface area contributed by atoms with E-state index in [-0.39, 0.29) is 0 Å². The van der Waals surface area contributed by atoms with E-state index in [1.165, 1.54) is 11.1 Å². The van der Waals surface area contributed by atoms with E-state index in [0.29, 0.717) is 10.7 Å². The van der Waals surface area contributed by atoms with Crippen LogP contribution in [0.1, 0.15) is 35.2 Å². The van der Waals surface area contributed by atoms with Gasteiger partial charge in [0.05, 0.1) is 14.2 Å². The molecule has 15 heavy (non-hydrogen) atoms. The molecule has 82 valence electrons. The lowest BCUT2D eigenvalue weighted by atomic mass is 10.0. The number of alkyl halides is 1. The zero-order chi connectivity index (χ0) is 11.0. The number of rotatable bonds is 2. The minimum absolute atomic E-state index is 0.447. The molecule has 0 heterocycles. The molecule has 0 fully saturated rings. The van der Waals surface area contributed by atoms with E-state index in [9.17, 15) is 0 Å². The molecule has 1 aromatic rings. The molecule has 0 saturated carbocycles. The van der Waals surface area contributed by atoms with Gasteiger partial charge in [0.25, 0.3) is 0 Å². The molecule has 1 aromatic carbocycles. The quantitative estimate of drug-likeness (QED) is 0.764. The Balaban J connectivity index is 2.53. The first-order valence-corrected chi connectivity index (χ1v) is 5.98. The number of fused-ring (bicyclic) bond motifs is 1. The summed E-state index contributed by atoms with van der Waals surface area (Å²) in [6, 6.07) is 4.18. The fourth-order valence-corrected chi connectivity index (χ4v) is 3.13. The molecular formula is C12H15BrO2. The molecule has 0 aromatic heterocycles. The van der Waals surface area contributed by atoms with Crippen LogP contribution in [-0.4, -0.2) is 14.2 Å². The highest BCUT2D eigenvalue weighted by Gasteiger charge is 2.28. The predicted molar refractivity (Wildman–Crippen MR) is 64.2 cm³/mol. The van der Waals surface area contributed by atoms with Gasteiger partial charge < -0.3 is 9.47 Å². The molecule has 2 rings (SSSR count). The van der Waals surface area contributed by atoms with E-state index in [2.05, 4.69) is 35.0 Å². The number of ether oxygens (including phenoxy) is 2. The molecule has 0 saturated heterocycles. The van der Waals surface area contributed by atoms with Crippen molar-refractivity contribution in [1.82, 2.24) is 0 Å². The summed E-state index contributed by atoms with van der Waals surface area (Å²) in [6.45, 7) is 2.24. The van der Waals surface area contributed by atoms with Gasteiger partial charge in [0.15, 0.2) is 11.5 Å². The predicted octanol–water partition coefficient (Wildman–Crippen LogP) is 3.65. The van der Waals surface area contributed by atoms with E-state index in [4.69, 9.17) is 9.47 Å². The molecule has 0 aliphatic heterocycles. The number of hydrogen-bond donors (Lipinski definition) is 0. The second-order valence-corrected chi connectivity index (χ2v) is 5.05. The third-order valence-corrected chi connectivity index (χ3v) is 3.89. The van der Waals surface area contributed by atoms with E-state index in [1.807, 2.05) is 0 Å². The molecule has 3 heteroatoms. The average Bonchev–Trinajstić information content (AvgIpc) is 2.52. The summed E-state index contributed by atoms with van der Waals surface area (Å²) in [7, 11) is 3.35. The summed E-state index contributed by atoms with van der Waals surface area (Å²) < 4.78 is 10.6. The Morgan fingerprint density at radius 1 is 1.13 bits per heavy atom. The van der Waals surface area contributed by atoms with Crippen LogP contribution in [0.4, 0.5) is 0 Å². The van der Waals surface area contributed by atoms with Crippen molar-refractivity contribution in [3.05, 3.63) is 23.3 Å². The lowest BCUT2D eigenvalue weighted by Crippen LogP contribution is -1.94. The van der Waals surface area contributed by atoms with Crippen molar-refractivity contribution < 1.29 is 9.47 Å². The minimum atomic E-state index is 0.447. The molecule has 0 N–H and O–H groups in total. The zero-order valence-electron chi connectivity index (χ0n) is 9.21. The van der Waals surface area contributed by atoms with Crippen molar-refractivity contribution in [2.45, 2.75) is 24.1 Å². The van der Waals surface area contributed by atoms with Gasteiger partial charge in [-0.05, 0) is 35.6 Å². The summed E-state index contributed by atoms with van der Waals surface area (Å²) in [6.07, 6.45) is 1.14. The second-order valence-electron chi connectivity index (χ2n) is 3.94. The highest BCUT2D eigenvalue weighted by atomic mass is 79.9. The number of halogens is 1. The van der Waals surface area contributed by atoms with Crippen LogP contribution in [0.25, 0.3) is 0 Å². The van der Waals surface area contributed by atoms with Gasteiger partial charge >= 0.3 is 0 Å². The fraction of sp³-hybridized carbons (Fsp3) is 0.500. The van der Waals surface area contributed by atoms with Gasteiger partial charge in [0, 0.05) is 4.83 Å². The van der Waals surface area contributed by atoms with Gasteiger partial charge in [-0.1, -0.05) is 22.9 Å². The first kappa shape index (κ1) is 10.8. The molecule has 1 aliphatic rings. The van der Waals surface area contributed by atoms with Crippen molar-refractivity contribution in [1.29, 1.82) is 0 Å². The van der Waals surface area contributed by atoms with Crippen LogP contribution in [-0.2, 0) is 0 Å². The number of methoxy groups -OCH3 is 2. The van der Waals surface area contributed by atoms with Gasteiger partial charge in [-0.25, -0.2) is 0 Å². The van der Waals surface area contributed by atoms with Crippen molar-refractivity contribution in [2.24, 2.45) is 0 Å². The van der Waals surface area contributed by atoms with Crippen molar-refractivity contribution in [3.63, 3.8) is 0 Å². The smallest absolute Gasteiger partial charge is 0.161 e. The summed E-state index contributed by atoms with van der Waals surface area (Å²) in [5, 5.41) is 0. The van der Waals surface area contributed by atoms with Gasteiger partial charge in [0.2, 0.25) is 0 Å². The summed E-state index contributed by atoms with van der Waals surface area (Å²) in [4.78, 5) is 0.447. The summed E-state index contributed by atoms with van der Waals surface area (Å²) >= 11 is 3.69. The van der Waals surface area contributed by atoms with E-state index in [1.54, 1.807) is 14.2 Å². The molecule has 0 bridgehead atoms. The maximum atomic E-state index is 5.30. The Labute approximate surface area is 98.7 Å². The largest absolute Gasteiger partial charge is 0.493 e. The lowest BCUT2D eigenvalue weighted by molar-refractivity contribution is 0.354. The van der Waals surface area contributed by atoms with Crippen LogP contribution in [0.15, 0.2) is 12.1 Å². The van der Waals surface area contributed by atoms with Crippen molar-refractivity contribution >= 4 is 15.9 Å². The molecule has 1 aliphatic carbocycles. The maximum absolute atomic E-state index is 5.30. The third kappa shape index (κ3) is 1.73. The molecule has 2 unspecified atom stereocenters. The van der Waals surface area contributed by atoms with Crippen LogP contribution in [0.5, 0.6) is 11.5 Å². The van der Waals surface area contributed by atoms with Crippen LogP contribution >= 0.6 is 15.9 Å².